The highest BCUT2D eigenvalue weighted by atomic mass is 32.1. The quantitative estimate of drug-likeness (QED) is 0.514. The van der Waals surface area contributed by atoms with Crippen molar-refractivity contribution < 1.29 is 9.72 Å². The monoisotopic (exact) mass is 365 g/mol. The Hall–Kier alpha value is -3.06. The van der Waals surface area contributed by atoms with Crippen molar-refractivity contribution >= 4 is 28.6 Å². The number of amides is 1. The summed E-state index contributed by atoms with van der Waals surface area (Å²) >= 11 is 1.36. The van der Waals surface area contributed by atoms with Crippen LogP contribution in [0.2, 0.25) is 0 Å². The predicted octanol–water partition coefficient (Wildman–Crippen LogP) is 4.23. The first-order valence-electron chi connectivity index (χ1n) is 8.16. The number of hydrogen-bond donors (Lipinski definition) is 0. The lowest BCUT2D eigenvalue weighted by molar-refractivity contribution is -0.384. The van der Waals surface area contributed by atoms with E-state index in [1.54, 1.807) is 11.0 Å². The predicted molar refractivity (Wildman–Crippen MR) is 101 cm³/mol. The van der Waals surface area contributed by atoms with Crippen LogP contribution in [-0.4, -0.2) is 22.4 Å². The molecule has 1 aromatic heterocycles. The Morgan fingerprint density at radius 2 is 2.00 bits per heavy atom. The van der Waals surface area contributed by atoms with Crippen LogP contribution in [0, 0.1) is 17.0 Å². The number of non-ortho nitro benzene ring substituents is 1. The summed E-state index contributed by atoms with van der Waals surface area (Å²) in [5.41, 5.74) is 3.22. The molecule has 0 saturated carbocycles. The first-order chi connectivity index (χ1) is 12.5. The van der Waals surface area contributed by atoms with Gasteiger partial charge in [-0.15, -0.1) is 11.3 Å². The van der Waals surface area contributed by atoms with Gasteiger partial charge in [0.05, 0.1) is 16.3 Å². The van der Waals surface area contributed by atoms with Crippen LogP contribution in [0.15, 0.2) is 48.5 Å². The number of nitro benzene ring substituents is 1. The minimum atomic E-state index is -0.438. The maximum absolute atomic E-state index is 13.1. The molecule has 0 spiro atoms. The maximum atomic E-state index is 13.1. The SMILES string of the molecule is Cc1nc(-c2ccccc2)sc1C(=O)N1CCc2ccc([N+](=O)[O-])cc21. The van der Waals surface area contributed by atoms with Crippen LogP contribution < -0.4 is 4.90 Å². The molecule has 0 N–H and O–H groups in total. The molecule has 0 bridgehead atoms. The van der Waals surface area contributed by atoms with E-state index in [9.17, 15) is 14.9 Å². The van der Waals surface area contributed by atoms with Gasteiger partial charge in [0.15, 0.2) is 0 Å². The Labute approximate surface area is 153 Å². The molecule has 1 aliphatic heterocycles. The molecule has 0 atom stereocenters. The van der Waals surface area contributed by atoms with Gasteiger partial charge in [-0.1, -0.05) is 36.4 Å². The van der Waals surface area contributed by atoms with Crippen molar-refractivity contribution in [2.24, 2.45) is 0 Å². The number of nitrogens with zero attached hydrogens (tertiary/aromatic N) is 3. The molecular formula is C19H15N3O3S. The van der Waals surface area contributed by atoms with E-state index in [0.29, 0.717) is 29.2 Å². The summed E-state index contributed by atoms with van der Waals surface area (Å²) in [6.45, 7) is 2.34. The van der Waals surface area contributed by atoms with E-state index < -0.39 is 4.92 Å². The Morgan fingerprint density at radius 1 is 1.23 bits per heavy atom. The number of anilines is 1. The summed E-state index contributed by atoms with van der Waals surface area (Å²) < 4.78 is 0. The first kappa shape index (κ1) is 16.4. The summed E-state index contributed by atoms with van der Waals surface area (Å²) in [4.78, 5) is 30.4. The molecule has 6 nitrogen and oxygen atoms in total. The van der Waals surface area contributed by atoms with Crippen molar-refractivity contribution in [3.05, 3.63) is 74.8 Å². The fraction of sp³-hybridized carbons (Fsp3) is 0.158. The van der Waals surface area contributed by atoms with E-state index in [-0.39, 0.29) is 11.6 Å². The number of thiazole rings is 1. The normalized spacial score (nSPS) is 12.9. The fourth-order valence-electron chi connectivity index (χ4n) is 3.11. The summed E-state index contributed by atoms with van der Waals surface area (Å²) in [5.74, 6) is -0.151. The Morgan fingerprint density at radius 3 is 2.73 bits per heavy atom. The van der Waals surface area contributed by atoms with Gasteiger partial charge in [-0.05, 0) is 18.9 Å². The lowest BCUT2D eigenvalue weighted by atomic mass is 10.1. The molecule has 2 heterocycles. The Kier molecular flexibility index (Phi) is 4.00. The third kappa shape index (κ3) is 2.76. The van der Waals surface area contributed by atoms with Gasteiger partial charge in [0.1, 0.15) is 9.88 Å². The number of aromatic nitrogens is 1. The third-order valence-corrected chi connectivity index (χ3v) is 5.63. The van der Waals surface area contributed by atoms with Crippen LogP contribution in [0.4, 0.5) is 11.4 Å². The van der Waals surface area contributed by atoms with Crippen molar-refractivity contribution in [1.82, 2.24) is 4.98 Å². The highest BCUT2D eigenvalue weighted by Crippen LogP contribution is 2.35. The molecule has 2 aromatic carbocycles. The van der Waals surface area contributed by atoms with Gasteiger partial charge in [0, 0.05) is 24.2 Å². The third-order valence-electron chi connectivity index (χ3n) is 4.43. The zero-order valence-electron chi connectivity index (χ0n) is 14.0. The molecule has 130 valence electrons. The van der Waals surface area contributed by atoms with Gasteiger partial charge in [-0.2, -0.15) is 0 Å². The fourth-order valence-corrected chi connectivity index (χ4v) is 4.13. The van der Waals surface area contributed by atoms with Crippen LogP contribution in [0.3, 0.4) is 0 Å². The number of carbonyl (C=O) groups excluding carboxylic acids is 1. The van der Waals surface area contributed by atoms with E-state index in [2.05, 4.69) is 4.98 Å². The summed E-state index contributed by atoms with van der Waals surface area (Å²) in [7, 11) is 0. The number of fused-ring (bicyclic) bond motifs is 1. The second kappa shape index (κ2) is 6.34. The van der Waals surface area contributed by atoms with E-state index >= 15 is 0 Å². The molecule has 0 aliphatic carbocycles. The highest BCUT2D eigenvalue weighted by molar-refractivity contribution is 7.17. The van der Waals surface area contributed by atoms with Crippen molar-refractivity contribution in [2.45, 2.75) is 13.3 Å². The molecule has 0 saturated heterocycles. The molecule has 4 rings (SSSR count). The Balaban J connectivity index is 1.69. The van der Waals surface area contributed by atoms with Gasteiger partial charge in [0.2, 0.25) is 0 Å². The topological polar surface area (TPSA) is 76.3 Å². The van der Waals surface area contributed by atoms with Gasteiger partial charge in [0.25, 0.3) is 11.6 Å². The van der Waals surface area contributed by atoms with Crippen LogP contribution in [-0.2, 0) is 6.42 Å². The van der Waals surface area contributed by atoms with E-state index in [1.165, 1.54) is 23.5 Å². The number of rotatable bonds is 3. The van der Waals surface area contributed by atoms with Crippen LogP contribution in [0.5, 0.6) is 0 Å². The summed E-state index contributed by atoms with van der Waals surface area (Å²) in [5, 5.41) is 11.9. The maximum Gasteiger partial charge on any atom is 0.271 e. The van der Waals surface area contributed by atoms with E-state index in [4.69, 9.17) is 0 Å². The van der Waals surface area contributed by atoms with E-state index in [0.717, 1.165) is 16.1 Å². The van der Waals surface area contributed by atoms with E-state index in [1.807, 2.05) is 37.3 Å². The van der Waals surface area contributed by atoms with Gasteiger partial charge in [-0.25, -0.2) is 4.98 Å². The second-order valence-corrected chi connectivity index (χ2v) is 7.08. The summed E-state index contributed by atoms with van der Waals surface area (Å²) in [6, 6.07) is 14.4. The molecular weight excluding hydrogens is 350 g/mol. The van der Waals surface area contributed by atoms with Gasteiger partial charge in [-0.3, -0.25) is 14.9 Å². The highest BCUT2D eigenvalue weighted by Gasteiger charge is 2.30. The van der Waals surface area contributed by atoms with Crippen LogP contribution in [0.1, 0.15) is 20.9 Å². The summed E-state index contributed by atoms with van der Waals surface area (Å²) in [6.07, 6.45) is 0.697. The van der Waals surface area contributed by atoms with Crippen LogP contribution >= 0.6 is 11.3 Å². The standard InChI is InChI=1S/C19H15N3O3S/c1-12-17(26-18(20-12)14-5-3-2-4-6-14)19(23)21-10-9-13-7-8-15(22(24)25)11-16(13)21/h2-8,11H,9-10H2,1H3. The number of hydrogen-bond acceptors (Lipinski definition) is 5. The Bertz CT molecular complexity index is 1010. The first-order valence-corrected chi connectivity index (χ1v) is 8.98. The molecule has 0 radical (unpaired) electrons. The molecule has 3 aromatic rings. The molecule has 1 aliphatic rings. The smallest absolute Gasteiger partial charge is 0.271 e. The molecule has 0 unspecified atom stereocenters. The zero-order chi connectivity index (χ0) is 18.3. The second-order valence-electron chi connectivity index (χ2n) is 6.08. The van der Waals surface area contributed by atoms with Crippen molar-refractivity contribution in [2.75, 3.05) is 11.4 Å². The van der Waals surface area contributed by atoms with Crippen LogP contribution in [0.25, 0.3) is 10.6 Å². The molecule has 7 heteroatoms. The van der Waals surface area contributed by atoms with Crippen molar-refractivity contribution in [3.63, 3.8) is 0 Å². The van der Waals surface area contributed by atoms with Gasteiger partial charge < -0.3 is 4.90 Å². The minimum absolute atomic E-state index is 0.00514. The average molecular weight is 365 g/mol. The van der Waals surface area contributed by atoms with Crippen molar-refractivity contribution in [1.29, 1.82) is 0 Å². The van der Waals surface area contributed by atoms with Gasteiger partial charge >= 0.3 is 0 Å². The minimum Gasteiger partial charge on any atom is -0.307 e. The number of carbonyl (C=O) groups is 1. The lowest BCUT2D eigenvalue weighted by Crippen LogP contribution is -2.28. The largest absolute Gasteiger partial charge is 0.307 e. The molecule has 1 amide bonds. The lowest BCUT2D eigenvalue weighted by Gasteiger charge is -2.16. The molecule has 0 fully saturated rings. The average Bonchev–Trinajstić information content (AvgIpc) is 3.25. The van der Waals surface area contributed by atoms with Crippen molar-refractivity contribution in [3.8, 4) is 10.6 Å². The number of aryl methyl sites for hydroxylation is 1. The number of nitro groups is 1. The number of benzene rings is 2. The zero-order valence-corrected chi connectivity index (χ0v) is 14.8. The molecule has 26 heavy (non-hydrogen) atoms.